The molecule has 22 heavy (non-hydrogen) atoms. The molecule has 112 valence electrons. The lowest BCUT2D eigenvalue weighted by molar-refractivity contribution is 0.307. The van der Waals surface area contributed by atoms with E-state index in [2.05, 4.69) is 15.9 Å². The molecule has 0 amide bonds. The summed E-state index contributed by atoms with van der Waals surface area (Å²) in [7, 11) is 0. The highest BCUT2D eigenvalue weighted by Gasteiger charge is 2.08. The van der Waals surface area contributed by atoms with Gasteiger partial charge in [-0.2, -0.15) is 0 Å². The summed E-state index contributed by atoms with van der Waals surface area (Å²) in [4.78, 5) is 11.7. The first-order valence-electron chi connectivity index (χ1n) is 6.64. The molecule has 1 aromatic heterocycles. The van der Waals surface area contributed by atoms with Crippen LogP contribution in [0.2, 0.25) is 5.02 Å². The normalized spacial score (nSPS) is 10.9. The predicted molar refractivity (Wildman–Crippen MR) is 90.7 cm³/mol. The van der Waals surface area contributed by atoms with Gasteiger partial charge < -0.3 is 9.15 Å². The maximum Gasteiger partial charge on any atom is 0.336 e. The highest BCUT2D eigenvalue weighted by atomic mass is 79.9. The SMILES string of the molecule is Cc1ccc2c(COc3ccc(Br)cc3Cl)cc(=O)oc2c1. The Hall–Kier alpha value is -1.78. The van der Waals surface area contributed by atoms with Crippen LogP contribution in [0.3, 0.4) is 0 Å². The number of ether oxygens (including phenoxy) is 1. The highest BCUT2D eigenvalue weighted by molar-refractivity contribution is 9.10. The monoisotopic (exact) mass is 378 g/mol. The van der Waals surface area contributed by atoms with Crippen molar-refractivity contribution in [3.63, 3.8) is 0 Å². The first kappa shape index (κ1) is 15.1. The molecule has 3 rings (SSSR count). The summed E-state index contributed by atoms with van der Waals surface area (Å²) in [5.74, 6) is 0.568. The molecule has 0 aliphatic heterocycles. The molecular formula is C17H12BrClO3. The molecule has 2 aromatic carbocycles. The molecule has 0 saturated carbocycles. The molecule has 3 aromatic rings. The van der Waals surface area contributed by atoms with Crippen molar-refractivity contribution in [3.8, 4) is 5.75 Å². The van der Waals surface area contributed by atoms with Gasteiger partial charge in [0.1, 0.15) is 17.9 Å². The van der Waals surface area contributed by atoms with Gasteiger partial charge in [0, 0.05) is 21.5 Å². The number of hydrogen-bond acceptors (Lipinski definition) is 3. The Kier molecular flexibility index (Phi) is 4.23. The molecule has 5 heteroatoms. The summed E-state index contributed by atoms with van der Waals surface area (Å²) in [6.45, 7) is 2.19. The Morgan fingerprint density at radius 2 is 2.00 bits per heavy atom. The smallest absolute Gasteiger partial charge is 0.336 e. The van der Waals surface area contributed by atoms with E-state index in [1.807, 2.05) is 31.2 Å². The van der Waals surface area contributed by atoms with Gasteiger partial charge in [0.25, 0.3) is 0 Å². The Balaban J connectivity index is 1.95. The van der Waals surface area contributed by atoms with E-state index < -0.39 is 5.63 Å². The zero-order valence-corrected chi connectivity index (χ0v) is 14.1. The van der Waals surface area contributed by atoms with E-state index >= 15 is 0 Å². The van der Waals surface area contributed by atoms with Crippen molar-refractivity contribution in [3.05, 3.63) is 73.5 Å². The van der Waals surface area contributed by atoms with E-state index in [1.165, 1.54) is 6.07 Å². The van der Waals surface area contributed by atoms with Gasteiger partial charge in [-0.05, 0) is 36.8 Å². The Labute approximate surface area is 140 Å². The third-order valence-corrected chi connectivity index (χ3v) is 4.05. The summed E-state index contributed by atoms with van der Waals surface area (Å²) < 4.78 is 11.8. The maximum absolute atomic E-state index is 11.7. The van der Waals surface area contributed by atoms with Crippen molar-refractivity contribution in [2.75, 3.05) is 0 Å². The van der Waals surface area contributed by atoms with Gasteiger partial charge in [-0.15, -0.1) is 0 Å². The molecule has 0 N–H and O–H groups in total. The van der Waals surface area contributed by atoms with Gasteiger partial charge in [-0.25, -0.2) is 4.79 Å². The zero-order chi connectivity index (χ0) is 15.7. The van der Waals surface area contributed by atoms with Crippen LogP contribution in [-0.2, 0) is 6.61 Å². The van der Waals surface area contributed by atoms with Crippen LogP contribution < -0.4 is 10.4 Å². The van der Waals surface area contributed by atoms with Crippen LogP contribution in [0.15, 0.2) is 56.1 Å². The van der Waals surface area contributed by atoms with E-state index in [4.69, 9.17) is 20.8 Å². The van der Waals surface area contributed by atoms with Gasteiger partial charge in [-0.3, -0.25) is 0 Å². The molecular weight excluding hydrogens is 368 g/mol. The molecule has 0 aliphatic carbocycles. The zero-order valence-electron chi connectivity index (χ0n) is 11.7. The number of fused-ring (bicyclic) bond motifs is 1. The third-order valence-electron chi connectivity index (χ3n) is 3.26. The van der Waals surface area contributed by atoms with Gasteiger partial charge >= 0.3 is 5.63 Å². The fourth-order valence-corrected chi connectivity index (χ4v) is 2.93. The minimum Gasteiger partial charge on any atom is -0.487 e. The fourth-order valence-electron chi connectivity index (χ4n) is 2.20. The van der Waals surface area contributed by atoms with Crippen LogP contribution in [0.4, 0.5) is 0 Å². The van der Waals surface area contributed by atoms with Crippen molar-refractivity contribution in [2.24, 2.45) is 0 Å². The molecule has 0 radical (unpaired) electrons. The van der Waals surface area contributed by atoms with Crippen LogP contribution in [-0.4, -0.2) is 0 Å². The Bertz CT molecular complexity index is 902. The summed E-state index contributed by atoms with van der Waals surface area (Å²) in [5.41, 5.74) is 1.97. The summed E-state index contributed by atoms with van der Waals surface area (Å²) in [6, 6.07) is 12.6. The Morgan fingerprint density at radius 3 is 2.77 bits per heavy atom. The second-order valence-corrected chi connectivity index (χ2v) is 6.28. The predicted octanol–water partition coefficient (Wildman–Crippen LogP) is 5.10. The van der Waals surface area contributed by atoms with Gasteiger partial charge in [0.2, 0.25) is 0 Å². The maximum atomic E-state index is 11.7. The average Bonchev–Trinajstić information content (AvgIpc) is 2.45. The van der Waals surface area contributed by atoms with Crippen LogP contribution in [0.25, 0.3) is 11.0 Å². The average molecular weight is 380 g/mol. The summed E-state index contributed by atoms with van der Waals surface area (Å²) in [6.07, 6.45) is 0. The fraction of sp³-hybridized carbons (Fsp3) is 0.118. The molecule has 0 unspecified atom stereocenters. The van der Waals surface area contributed by atoms with Crippen LogP contribution in [0, 0.1) is 6.92 Å². The first-order chi connectivity index (χ1) is 10.5. The third kappa shape index (κ3) is 3.18. The van der Waals surface area contributed by atoms with Gasteiger partial charge in [-0.1, -0.05) is 39.7 Å². The van der Waals surface area contributed by atoms with Crippen molar-refractivity contribution in [2.45, 2.75) is 13.5 Å². The van der Waals surface area contributed by atoms with E-state index in [0.29, 0.717) is 16.4 Å². The molecule has 0 aliphatic rings. The Morgan fingerprint density at radius 1 is 1.18 bits per heavy atom. The van der Waals surface area contributed by atoms with E-state index in [-0.39, 0.29) is 6.61 Å². The molecule has 3 nitrogen and oxygen atoms in total. The second kappa shape index (κ2) is 6.15. The first-order valence-corrected chi connectivity index (χ1v) is 7.81. The van der Waals surface area contributed by atoms with Gasteiger partial charge in [0.15, 0.2) is 0 Å². The topological polar surface area (TPSA) is 39.4 Å². The molecule has 0 spiro atoms. The van der Waals surface area contributed by atoms with Crippen LogP contribution in [0.5, 0.6) is 5.75 Å². The van der Waals surface area contributed by atoms with E-state index in [0.717, 1.165) is 21.0 Å². The van der Waals surface area contributed by atoms with Crippen molar-refractivity contribution in [1.82, 2.24) is 0 Å². The number of aryl methyl sites for hydroxylation is 1. The van der Waals surface area contributed by atoms with Crippen molar-refractivity contribution >= 4 is 38.5 Å². The quantitative estimate of drug-likeness (QED) is 0.595. The van der Waals surface area contributed by atoms with E-state index in [9.17, 15) is 4.79 Å². The molecule has 0 bridgehead atoms. The molecule has 0 fully saturated rings. The molecule has 0 atom stereocenters. The van der Waals surface area contributed by atoms with Crippen molar-refractivity contribution < 1.29 is 9.15 Å². The lowest BCUT2D eigenvalue weighted by Crippen LogP contribution is -2.04. The second-order valence-electron chi connectivity index (χ2n) is 4.95. The van der Waals surface area contributed by atoms with Crippen LogP contribution in [0.1, 0.15) is 11.1 Å². The number of rotatable bonds is 3. The minimum absolute atomic E-state index is 0.243. The lowest BCUT2D eigenvalue weighted by atomic mass is 10.1. The van der Waals surface area contributed by atoms with Gasteiger partial charge in [0.05, 0.1) is 5.02 Å². The van der Waals surface area contributed by atoms with Crippen molar-refractivity contribution in [1.29, 1.82) is 0 Å². The standard InChI is InChI=1S/C17H12BrClO3/c1-10-2-4-13-11(7-17(20)22-16(13)6-10)9-21-15-5-3-12(18)8-14(15)19/h2-8H,9H2,1H3. The highest BCUT2D eigenvalue weighted by Crippen LogP contribution is 2.29. The minimum atomic E-state index is -0.390. The molecule has 1 heterocycles. The number of hydrogen-bond donors (Lipinski definition) is 0. The largest absolute Gasteiger partial charge is 0.487 e. The lowest BCUT2D eigenvalue weighted by Gasteiger charge is -2.10. The van der Waals surface area contributed by atoms with E-state index in [1.54, 1.807) is 12.1 Å². The number of benzene rings is 2. The van der Waals surface area contributed by atoms with Crippen LogP contribution >= 0.6 is 27.5 Å². The number of halogens is 2. The summed E-state index contributed by atoms with van der Waals surface area (Å²) >= 11 is 9.48. The summed E-state index contributed by atoms with van der Waals surface area (Å²) in [5, 5.41) is 1.37. The molecule has 0 saturated heterocycles.